The third kappa shape index (κ3) is 5.69. The fourth-order valence-corrected chi connectivity index (χ4v) is 3.80. The highest BCUT2D eigenvalue weighted by Crippen LogP contribution is 2.36. The number of benzene rings is 1. The summed E-state index contributed by atoms with van der Waals surface area (Å²) in [6.45, 7) is 14.9. The van der Waals surface area contributed by atoms with E-state index < -0.39 is 0 Å². The lowest BCUT2D eigenvalue weighted by Crippen LogP contribution is -2.11. The number of allylic oxidation sites excluding steroid dienone is 4. The molecule has 1 aliphatic carbocycles. The second-order valence-corrected chi connectivity index (χ2v) is 8.17. The molecule has 0 radical (unpaired) electrons. The summed E-state index contributed by atoms with van der Waals surface area (Å²) in [4.78, 5) is 0. The maximum absolute atomic E-state index is 14.7. The minimum absolute atomic E-state index is 0.152. The van der Waals surface area contributed by atoms with Crippen LogP contribution in [0.1, 0.15) is 82.8 Å². The summed E-state index contributed by atoms with van der Waals surface area (Å²) in [5, 5.41) is 0. The number of unbranched alkanes of at least 4 members (excludes halogenated alkanes) is 1. The van der Waals surface area contributed by atoms with Crippen molar-refractivity contribution in [3.8, 4) is 0 Å². The molecule has 1 fully saturated rings. The Kier molecular flexibility index (Phi) is 7.87. The van der Waals surface area contributed by atoms with Crippen LogP contribution in [0.25, 0.3) is 5.57 Å². The normalized spacial score (nSPS) is 21.7. The zero-order valence-corrected chi connectivity index (χ0v) is 16.9. The van der Waals surface area contributed by atoms with Crippen molar-refractivity contribution in [2.24, 2.45) is 11.8 Å². The van der Waals surface area contributed by atoms with Crippen molar-refractivity contribution in [1.82, 2.24) is 0 Å². The highest BCUT2D eigenvalue weighted by atomic mass is 19.1. The van der Waals surface area contributed by atoms with E-state index in [-0.39, 0.29) is 5.82 Å². The molecule has 1 unspecified atom stereocenters. The molecule has 1 atom stereocenters. The molecule has 1 aliphatic rings. The van der Waals surface area contributed by atoms with E-state index in [2.05, 4.69) is 40.0 Å². The van der Waals surface area contributed by atoms with Gasteiger partial charge in [-0.2, -0.15) is 0 Å². The molecule has 0 amide bonds. The minimum Gasteiger partial charge on any atom is -0.206 e. The van der Waals surface area contributed by atoms with Crippen LogP contribution >= 0.6 is 0 Å². The molecule has 0 aromatic heterocycles. The second-order valence-electron chi connectivity index (χ2n) is 8.17. The van der Waals surface area contributed by atoms with Crippen LogP contribution in [0.4, 0.5) is 4.39 Å². The molecule has 1 aromatic carbocycles. The molecule has 2 rings (SSSR count). The van der Waals surface area contributed by atoms with Gasteiger partial charge in [0, 0.05) is 5.56 Å². The SMILES string of the molecule is C=C(/C=C\C(=C)C(C)CCCC)c1ccc(C2CCC(C)CC2)cc1F. The lowest BCUT2D eigenvalue weighted by atomic mass is 9.79. The van der Waals surface area contributed by atoms with E-state index in [1.165, 1.54) is 38.5 Å². The Bertz CT molecular complexity index is 644. The Morgan fingerprint density at radius 2 is 1.88 bits per heavy atom. The summed E-state index contributed by atoms with van der Waals surface area (Å²) in [5.74, 6) is 1.63. The summed E-state index contributed by atoms with van der Waals surface area (Å²) in [6.07, 6.45) is 12.3. The quantitative estimate of drug-likeness (QED) is 0.414. The van der Waals surface area contributed by atoms with E-state index in [4.69, 9.17) is 0 Å². The lowest BCUT2D eigenvalue weighted by Gasteiger charge is -2.26. The van der Waals surface area contributed by atoms with Crippen molar-refractivity contribution in [2.45, 2.75) is 71.6 Å². The fraction of sp³-hybridized carbons (Fsp3) is 0.520. The van der Waals surface area contributed by atoms with Gasteiger partial charge in [-0.1, -0.05) is 89.5 Å². The smallest absolute Gasteiger partial charge is 0.131 e. The van der Waals surface area contributed by atoms with E-state index in [1.807, 2.05) is 18.2 Å². The van der Waals surface area contributed by atoms with Crippen molar-refractivity contribution in [3.05, 3.63) is 66.0 Å². The second kappa shape index (κ2) is 9.90. The molecular formula is C25H35F. The Morgan fingerprint density at radius 3 is 2.50 bits per heavy atom. The Balaban J connectivity index is 2.01. The number of halogens is 1. The fourth-order valence-electron chi connectivity index (χ4n) is 3.80. The van der Waals surface area contributed by atoms with E-state index in [0.717, 1.165) is 29.0 Å². The van der Waals surface area contributed by atoms with Gasteiger partial charge in [-0.25, -0.2) is 4.39 Å². The number of rotatable bonds is 8. The molecule has 1 heteroatoms. The average Bonchev–Trinajstić information content (AvgIpc) is 2.64. The van der Waals surface area contributed by atoms with E-state index in [1.54, 1.807) is 6.07 Å². The van der Waals surface area contributed by atoms with Gasteiger partial charge >= 0.3 is 0 Å². The first-order chi connectivity index (χ1) is 12.4. The topological polar surface area (TPSA) is 0 Å². The first-order valence-corrected chi connectivity index (χ1v) is 10.3. The molecule has 0 saturated heterocycles. The third-order valence-corrected chi connectivity index (χ3v) is 5.95. The van der Waals surface area contributed by atoms with Crippen molar-refractivity contribution >= 4 is 5.57 Å². The molecule has 26 heavy (non-hydrogen) atoms. The predicted octanol–water partition coefficient (Wildman–Crippen LogP) is 8.07. The summed E-state index contributed by atoms with van der Waals surface area (Å²) >= 11 is 0. The van der Waals surface area contributed by atoms with Gasteiger partial charge in [0.05, 0.1) is 0 Å². The largest absolute Gasteiger partial charge is 0.206 e. The molecular weight excluding hydrogens is 319 g/mol. The van der Waals surface area contributed by atoms with Gasteiger partial charge in [0.2, 0.25) is 0 Å². The van der Waals surface area contributed by atoms with Gasteiger partial charge in [-0.15, -0.1) is 0 Å². The first kappa shape index (κ1) is 20.7. The Morgan fingerprint density at radius 1 is 1.19 bits per heavy atom. The molecule has 0 aliphatic heterocycles. The van der Waals surface area contributed by atoms with Crippen LogP contribution in [0.5, 0.6) is 0 Å². The molecule has 1 aromatic rings. The number of hydrogen-bond donors (Lipinski definition) is 0. The molecule has 0 spiro atoms. The van der Waals surface area contributed by atoms with Crippen LogP contribution < -0.4 is 0 Å². The monoisotopic (exact) mass is 354 g/mol. The molecule has 0 bridgehead atoms. The van der Waals surface area contributed by atoms with Crippen molar-refractivity contribution in [3.63, 3.8) is 0 Å². The maximum Gasteiger partial charge on any atom is 0.131 e. The lowest BCUT2D eigenvalue weighted by molar-refractivity contribution is 0.347. The Labute approximate surface area is 159 Å². The summed E-state index contributed by atoms with van der Waals surface area (Å²) in [6, 6.07) is 5.73. The van der Waals surface area contributed by atoms with Gasteiger partial charge in [-0.05, 0) is 54.2 Å². The zero-order chi connectivity index (χ0) is 19.1. The standard InChI is InChI=1S/C25H35F/c1-6-7-8-19(3)20(4)11-12-21(5)24-16-15-23(17-25(24)26)22-13-9-18(2)10-14-22/h11-12,15-19,22H,4-10,13-14H2,1-3H3/b12-11-. The molecule has 0 nitrogen and oxygen atoms in total. The van der Waals surface area contributed by atoms with Gasteiger partial charge in [0.15, 0.2) is 0 Å². The minimum atomic E-state index is -0.152. The van der Waals surface area contributed by atoms with E-state index >= 15 is 0 Å². The maximum atomic E-state index is 14.7. The van der Waals surface area contributed by atoms with Crippen LogP contribution in [-0.4, -0.2) is 0 Å². The highest BCUT2D eigenvalue weighted by molar-refractivity contribution is 5.73. The van der Waals surface area contributed by atoms with Crippen molar-refractivity contribution in [1.29, 1.82) is 0 Å². The van der Waals surface area contributed by atoms with Crippen LogP contribution in [-0.2, 0) is 0 Å². The highest BCUT2D eigenvalue weighted by Gasteiger charge is 2.20. The summed E-state index contributed by atoms with van der Waals surface area (Å²) in [7, 11) is 0. The van der Waals surface area contributed by atoms with Crippen LogP contribution in [0.15, 0.2) is 49.1 Å². The van der Waals surface area contributed by atoms with Gasteiger partial charge in [-0.3, -0.25) is 0 Å². The van der Waals surface area contributed by atoms with Crippen molar-refractivity contribution in [2.75, 3.05) is 0 Å². The first-order valence-electron chi connectivity index (χ1n) is 10.3. The van der Waals surface area contributed by atoms with Crippen LogP contribution in [0.2, 0.25) is 0 Å². The zero-order valence-electron chi connectivity index (χ0n) is 16.9. The van der Waals surface area contributed by atoms with Crippen LogP contribution in [0.3, 0.4) is 0 Å². The summed E-state index contributed by atoms with van der Waals surface area (Å²) in [5.41, 5.74) is 3.55. The van der Waals surface area contributed by atoms with Gasteiger partial charge in [0.25, 0.3) is 0 Å². The van der Waals surface area contributed by atoms with Crippen LogP contribution in [0, 0.1) is 17.7 Å². The Hall–Kier alpha value is -1.63. The number of hydrogen-bond acceptors (Lipinski definition) is 0. The molecule has 1 saturated carbocycles. The molecule has 0 heterocycles. The third-order valence-electron chi connectivity index (χ3n) is 5.95. The van der Waals surface area contributed by atoms with Crippen molar-refractivity contribution < 1.29 is 4.39 Å². The summed E-state index contributed by atoms with van der Waals surface area (Å²) < 4.78 is 14.7. The molecule has 142 valence electrons. The van der Waals surface area contributed by atoms with E-state index in [0.29, 0.717) is 17.4 Å². The average molecular weight is 355 g/mol. The van der Waals surface area contributed by atoms with Gasteiger partial charge < -0.3 is 0 Å². The molecule has 0 N–H and O–H groups in total. The predicted molar refractivity (Wildman–Crippen MR) is 113 cm³/mol. The van der Waals surface area contributed by atoms with Gasteiger partial charge in [0.1, 0.15) is 5.82 Å². The van der Waals surface area contributed by atoms with E-state index in [9.17, 15) is 4.39 Å².